The Hall–Kier alpha value is -1.36. The highest BCUT2D eigenvalue weighted by atomic mass is 79.9. The van der Waals surface area contributed by atoms with Crippen LogP contribution >= 0.6 is 27.8 Å². The van der Waals surface area contributed by atoms with Crippen molar-refractivity contribution in [2.75, 3.05) is 6.61 Å². The fourth-order valence-electron chi connectivity index (χ4n) is 2.96. The van der Waals surface area contributed by atoms with Crippen molar-refractivity contribution in [3.63, 3.8) is 0 Å². The molecule has 26 heavy (non-hydrogen) atoms. The number of para-hydroxylation sites is 1. The van der Waals surface area contributed by atoms with E-state index in [-0.39, 0.29) is 0 Å². The molecule has 5 atom stereocenters. The van der Waals surface area contributed by atoms with E-state index in [1.165, 1.54) is 6.92 Å². The third kappa shape index (κ3) is 3.68. The van der Waals surface area contributed by atoms with Crippen molar-refractivity contribution in [3.05, 3.63) is 30.3 Å². The van der Waals surface area contributed by atoms with Gasteiger partial charge in [0, 0.05) is 23.9 Å². The van der Waals surface area contributed by atoms with Crippen LogP contribution in [0.15, 0.2) is 30.3 Å². The smallest absolute Gasteiger partial charge is 0.217 e. The van der Waals surface area contributed by atoms with Crippen LogP contribution in [0, 0.1) is 0 Å². The number of amides is 1. The van der Waals surface area contributed by atoms with Crippen LogP contribution in [0.5, 0.6) is 5.88 Å². The Balaban J connectivity index is 1.96. The monoisotopic (exact) mass is 448 g/mol. The van der Waals surface area contributed by atoms with Crippen molar-refractivity contribution in [1.29, 1.82) is 0 Å². The highest BCUT2D eigenvalue weighted by Gasteiger charge is 2.56. The molecule has 1 aliphatic rings. The lowest BCUT2D eigenvalue weighted by Crippen LogP contribution is -2.69. The molecule has 1 aromatic carbocycles. The lowest BCUT2D eigenvalue weighted by atomic mass is 9.96. The van der Waals surface area contributed by atoms with E-state index >= 15 is 0 Å². The molecule has 2 heterocycles. The molecule has 0 spiro atoms. The van der Waals surface area contributed by atoms with Crippen molar-refractivity contribution in [2.45, 2.75) is 36.0 Å². The van der Waals surface area contributed by atoms with Crippen molar-refractivity contribution in [2.24, 2.45) is 0 Å². The normalized spacial score (nSPS) is 31.7. The number of hydrogen-bond donors (Lipinski definition) is 4. The first-order valence-corrected chi connectivity index (χ1v) is 8.92. The van der Waals surface area contributed by atoms with Gasteiger partial charge in [-0.2, -0.15) is 0 Å². The number of rotatable bonds is 5. The third-order valence-electron chi connectivity index (χ3n) is 4.15. The number of nitrogens with one attached hydrogen (secondary N) is 2. The first kappa shape index (κ1) is 19.4. The van der Waals surface area contributed by atoms with E-state index < -0.39 is 41.6 Å². The molecule has 8 nitrogen and oxygen atoms in total. The van der Waals surface area contributed by atoms with Crippen LogP contribution in [0.1, 0.15) is 6.92 Å². The minimum Gasteiger partial charge on any atom is -0.470 e. The molecule has 1 saturated heterocycles. The fourth-order valence-corrected chi connectivity index (χ4v) is 3.86. The van der Waals surface area contributed by atoms with Crippen LogP contribution in [-0.2, 0) is 13.8 Å². The number of ether oxygens (including phenoxy) is 2. The number of H-pyrrole nitrogens is 1. The van der Waals surface area contributed by atoms with Gasteiger partial charge in [-0.05, 0) is 22.0 Å². The van der Waals surface area contributed by atoms with Gasteiger partial charge in [0.1, 0.15) is 6.04 Å². The Bertz CT molecular complexity index is 756. The number of alkyl halides is 1. The number of benzene rings is 1. The molecule has 4 N–H and O–H groups in total. The summed E-state index contributed by atoms with van der Waals surface area (Å²) in [5.41, 5.74) is 0.849. The summed E-state index contributed by atoms with van der Waals surface area (Å²) in [7, 11) is 0. The summed E-state index contributed by atoms with van der Waals surface area (Å²) in [5, 5.41) is 23.5. The molecule has 1 aliphatic heterocycles. The zero-order chi connectivity index (χ0) is 18.9. The lowest BCUT2D eigenvalue weighted by molar-refractivity contribution is -0.255. The van der Waals surface area contributed by atoms with E-state index in [0.29, 0.717) is 5.88 Å². The third-order valence-corrected chi connectivity index (χ3v) is 5.23. The molecule has 1 fully saturated rings. The van der Waals surface area contributed by atoms with Crippen molar-refractivity contribution >= 4 is 44.6 Å². The number of aliphatic hydroxyl groups is 2. The average Bonchev–Trinajstić information content (AvgIpc) is 3.00. The zero-order valence-electron chi connectivity index (χ0n) is 13.7. The van der Waals surface area contributed by atoms with Gasteiger partial charge in [-0.3, -0.25) is 9.08 Å². The van der Waals surface area contributed by atoms with E-state index in [9.17, 15) is 15.0 Å². The van der Waals surface area contributed by atoms with Gasteiger partial charge in [0.2, 0.25) is 5.91 Å². The van der Waals surface area contributed by atoms with Crippen LogP contribution in [0.4, 0.5) is 0 Å². The van der Waals surface area contributed by atoms with Crippen LogP contribution in [0.3, 0.4) is 0 Å². The van der Waals surface area contributed by atoms with E-state index in [1.807, 2.05) is 24.3 Å². The number of carbonyl (C=O) groups is 1. The summed E-state index contributed by atoms with van der Waals surface area (Å²) in [6, 6.07) is 8.33. The number of hydrogen-bond acceptors (Lipinski definition) is 6. The van der Waals surface area contributed by atoms with Crippen LogP contribution < -0.4 is 10.1 Å². The van der Waals surface area contributed by atoms with Gasteiger partial charge in [-0.15, -0.1) is 0 Å². The molecule has 0 saturated carbocycles. The summed E-state index contributed by atoms with van der Waals surface area (Å²) < 4.78 is 14.8. The van der Waals surface area contributed by atoms with Crippen molar-refractivity contribution in [1.82, 2.24) is 10.3 Å². The number of aromatic nitrogens is 1. The largest absolute Gasteiger partial charge is 0.470 e. The maximum absolute atomic E-state index is 11.5. The molecule has 1 aromatic heterocycles. The number of carbonyl (C=O) groups excluding carboxylic acids is 1. The predicted molar refractivity (Wildman–Crippen MR) is 96.9 cm³/mol. The quantitative estimate of drug-likeness (QED) is 0.513. The number of aromatic amines is 1. The minimum atomic E-state index is -1.51. The van der Waals surface area contributed by atoms with Gasteiger partial charge in [0.25, 0.3) is 0 Å². The van der Waals surface area contributed by atoms with Gasteiger partial charge in [-0.25, -0.2) is 0 Å². The lowest BCUT2D eigenvalue weighted by Gasteiger charge is -2.46. The summed E-state index contributed by atoms with van der Waals surface area (Å²) in [4.78, 5) is 14.6. The van der Waals surface area contributed by atoms with E-state index in [2.05, 4.69) is 26.2 Å². The van der Waals surface area contributed by atoms with E-state index in [4.69, 9.17) is 25.6 Å². The second kappa shape index (κ2) is 7.71. The molecular weight excluding hydrogens is 432 g/mol. The number of fused-ring (bicyclic) bond motifs is 1. The molecule has 1 amide bonds. The molecular formula is C16H18BrClN2O6. The molecule has 0 aliphatic carbocycles. The fraction of sp³-hybridized carbons (Fsp3) is 0.438. The van der Waals surface area contributed by atoms with Crippen LogP contribution in [0.2, 0.25) is 0 Å². The topological polar surface area (TPSA) is 113 Å². The van der Waals surface area contributed by atoms with E-state index in [0.717, 1.165) is 10.9 Å². The number of halogens is 2. The zero-order valence-corrected chi connectivity index (χ0v) is 16.0. The highest BCUT2D eigenvalue weighted by Crippen LogP contribution is 2.38. The van der Waals surface area contributed by atoms with Crippen LogP contribution in [0.25, 0.3) is 10.9 Å². The van der Waals surface area contributed by atoms with Gasteiger partial charge in [-0.1, -0.05) is 18.2 Å². The van der Waals surface area contributed by atoms with Crippen molar-refractivity contribution < 1.29 is 28.8 Å². The molecule has 10 heteroatoms. The Labute approximate surface area is 162 Å². The second-order valence-corrected chi connectivity index (χ2v) is 7.51. The molecule has 142 valence electrons. The molecule has 0 unspecified atom stereocenters. The second-order valence-electron chi connectivity index (χ2n) is 5.99. The number of aliphatic hydroxyl groups excluding tert-OH is 2. The highest BCUT2D eigenvalue weighted by molar-refractivity contribution is 9.10. The van der Waals surface area contributed by atoms with Gasteiger partial charge < -0.3 is 30.0 Å². The molecule has 2 aromatic rings. The molecule has 0 bridgehead atoms. The maximum Gasteiger partial charge on any atom is 0.217 e. The first-order valence-electron chi connectivity index (χ1n) is 7.82. The van der Waals surface area contributed by atoms with Gasteiger partial charge >= 0.3 is 0 Å². The predicted octanol–water partition coefficient (Wildman–Crippen LogP) is 1.39. The van der Waals surface area contributed by atoms with Gasteiger partial charge in [0.15, 0.2) is 28.9 Å². The molecule has 3 rings (SSSR count). The Morgan fingerprint density at radius 3 is 2.85 bits per heavy atom. The Kier molecular flexibility index (Phi) is 5.75. The van der Waals surface area contributed by atoms with E-state index in [1.54, 1.807) is 6.07 Å². The minimum absolute atomic E-state index is 0.382. The summed E-state index contributed by atoms with van der Waals surface area (Å²) >= 11 is 8.83. The summed E-state index contributed by atoms with van der Waals surface area (Å²) in [6.07, 6.45) is -3.50. The Morgan fingerprint density at radius 1 is 1.50 bits per heavy atom. The Morgan fingerprint density at radius 2 is 2.23 bits per heavy atom. The molecule has 0 radical (unpaired) electrons. The first-order chi connectivity index (χ1) is 12.4. The van der Waals surface area contributed by atoms with Crippen LogP contribution in [-0.4, -0.2) is 56.8 Å². The maximum atomic E-state index is 11.5. The van der Waals surface area contributed by atoms with Crippen molar-refractivity contribution in [3.8, 4) is 5.88 Å². The summed E-state index contributed by atoms with van der Waals surface area (Å²) in [5.74, 6) is -0.0190. The summed E-state index contributed by atoms with van der Waals surface area (Å²) in [6.45, 7) is 0.742. The average molecular weight is 450 g/mol. The SMILES string of the molecule is CC(=O)N[C@@H]1[C@@H](Oc2cc3ccccc3[nH]2)[C@H](OCl)[C@@](Br)(CO)O[C@H]1O. The standard InChI is InChI=1S/C16H18BrClN2O6/c1-8(22)19-12-13(14(26-18)16(17,7-21)25-15(12)23)24-11-6-9-4-2-3-5-10(9)20-11/h2-6,12-15,20-21,23H,7H2,1H3,(H,19,22)/t12-,13-,14+,15-,16-/m1/s1. The van der Waals surface area contributed by atoms with Gasteiger partial charge in [0.05, 0.1) is 18.5 Å².